The van der Waals surface area contributed by atoms with Crippen LogP contribution in [0.1, 0.15) is 20.8 Å². The molecule has 114 valence electrons. The van der Waals surface area contributed by atoms with E-state index in [1.54, 1.807) is 12.1 Å². The molecule has 1 rings (SSSR count). The average Bonchev–Trinajstić information content (AvgIpc) is 2.36. The van der Waals surface area contributed by atoms with Gasteiger partial charge in [-0.3, -0.25) is 0 Å². The van der Waals surface area contributed by atoms with Gasteiger partial charge in [-0.15, -0.1) is 0 Å². The van der Waals surface area contributed by atoms with E-state index >= 15 is 0 Å². The Balaban J connectivity index is 2.84. The molecule has 7 heteroatoms. The Morgan fingerprint density at radius 2 is 2.00 bits per heavy atom. The molecule has 0 aliphatic rings. The predicted octanol–water partition coefficient (Wildman–Crippen LogP) is 1.40. The molecular formula is C13H23N3O3S. The Labute approximate surface area is 120 Å². The van der Waals surface area contributed by atoms with Crippen molar-refractivity contribution >= 4 is 21.4 Å². The minimum atomic E-state index is -3.53. The average molecular weight is 301 g/mol. The molecule has 0 saturated heterocycles. The summed E-state index contributed by atoms with van der Waals surface area (Å²) in [5.74, 6) is 0. The Hall–Kier alpha value is -1.31. The van der Waals surface area contributed by atoms with Crippen molar-refractivity contribution in [3.05, 3.63) is 18.2 Å². The lowest BCUT2D eigenvalue weighted by Crippen LogP contribution is -2.33. The van der Waals surface area contributed by atoms with E-state index in [1.807, 2.05) is 20.8 Å². The van der Waals surface area contributed by atoms with Crippen LogP contribution in [-0.4, -0.2) is 34.2 Å². The first-order chi connectivity index (χ1) is 9.22. The number of hydrogen-bond donors (Lipinski definition) is 3. The Bertz CT molecular complexity index is 556. The van der Waals surface area contributed by atoms with Gasteiger partial charge in [-0.05, 0) is 46.0 Å². The summed E-state index contributed by atoms with van der Waals surface area (Å²) in [6, 6.07) is 4.77. The second kappa shape index (κ2) is 6.43. The first kappa shape index (κ1) is 16.7. The molecule has 1 aromatic carbocycles. The van der Waals surface area contributed by atoms with Crippen molar-refractivity contribution in [2.75, 3.05) is 31.2 Å². The predicted molar refractivity (Wildman–Crippen MR) is 81.3 cm³/mol. The third-order valence-electron chi connectivity index (χ3n) is 2.82. The second-order valence-electron chi connectivity index (χ2n) is 5.01. The van der Waals surface area contributed by atoms with Crippen molar-refractivity contribution in [2.24, 2.45) is 0 Å². The smallest absolute Gasteiger partial charge is 0.242 e. The highest BCUT2D eigenvalue weighted by Gasteiger charge is 2.18. The molecule has 0 heterocycles. The van der Waals surface area contributed by atoms with E-state index in [4.69, 9.17) is 10.5 Å². The van der Waals surface area contributed by atoms with Crippen LogP contribution in [0.3, 0.4) is 0 Å². The van der Waals surface area contributed by atoms with Crippen LogP contribution in [0.15, 0.2) is 23.1 Å². The molecular weight excluding hydrogens is 278 g/mol. The van der Waals surface area contributed by atoms with Gasteiger partial charge < -0.3 is 15.8 Å². The van der Waals surface area contributed by atoms with Crippen molar-refractivity contribution in [1.29, 1.82) is 0 Å². The number of hydrogen-bond acceptors (Lipinski definition) is 5. The van der Waals surface area contributed by atoms with E-state index in [1.165, 1.54) is 13.1 Å². The second-order valence-corrected chi connectivity index (χ2v) is 6.86. The number of ether oxygens (including phenoxy) is 1. The molecule has 0 aromatic heterocycles. The molecule has 20 heavy (non-hydrogen) atoms. The van der Waals surface area contributed by atoms with Crippen LogP contribution in [0.5, 0.6) is 0 Å². The zero-order valence-corrected chi connectivity index (χ0v) is 13.2. The third-order valence-corrected chi connectivity index (χ3v) is 4.31. The van der Waals surface area contributed by atoms with Gasteiger partial charge in [0.2, 0.25) is 10.0 Å². The molecule has 0 fully saturated rings. The van der Waals surface area contributed by atoms with Crippen molar-refractivity contribution in [3.8, 4) is 0 Å². The fraction of sp³-hybridized carbons (Fsp3) is 0.538. The fourth-order valence-electron chi connectivity index (χ4n) is 1.77. The summed E-state index contributed by atoms with van der Waals surface area (Å²) in [6.07, 6.45) is 0. The molecule has 1 aromatic rings. The van der Waals surface area contributed by atoms with Crippen LogP contribution in [0.4, 0.5) is 11.4 Å². The first-order valence-corrected chi connectivity index (χ1v) is 7.91. The van der Waals surface area contributed by atoms with E-state index in [2.05, 4.69) is 10.0 Å². The van der Waals surface area contributed by atoms with Crippen molar-refractivity contribution in [3.63, 3.8) is 0 Å². The minimum absolute atomic E-state index is 0.0784. The van der Waals surface area contributed by atoms with Gasteiger partial charge in [0.1, 0.15) is 4.90 Å². The van der Waals surface area contributed by atoms with Gasteiger partial charge in [-0.1, -0.05) is 0 Å². The number of rotatable bonds is 7. The van der Waals surface area contributed by atoms with Gasteiger partial charge in [-0.2, -0.15) is 0 Å². The molecule has 6 nitrogen and oxygen atoms in total. The summed E-state index contributed by atoms with van der Waals surface area (Å²) in [5.41, 5.74) is 6.45. The van der Waals surface area contributed by atoms with Crippen molar-refractivity contribution in [2.45, 2.75) is 31.3 Å². The topological polar surface area (TPSA) is 93.4 Å². The van der Waals surface area contributed by atoms with E-state index in [9.17, 15) is 8.42 Å². The van der Waals surface area contributed by atoms with Gasteiger partial charge in [0, 0.05) is 18.8 Å². The minimum Gasteiger partial charge on any atom is -0.398 e. The maximum atomic E-state index is 11.7. The number of benzene rings is 1. The summed E-state index contributed by atoms with van der Waals surface area (Å²) in [7, 11) is -2.17. The number of nitrogens with one attached hydrogen (secondary N) is 2. The van der Waals surface area contributed by atoms with E-state index < -0.39 is 10.0 Å². The lowest BCUT2D eigenvalue weighted by Gasteiger charge is -2.25. The Morgan fingerprint density at radius 3 is 2.50 bits per heavy atom. The largest absolute Gasteiger partial charge is 0.398 e. The molecule has 4 N–H and O–H groups in total. The number of anilines is 2. The standard InChI is InChI=1S/C13H23N3O3S/c1-5-19-13(2,3)9-16-10-6-7-12(11(14)8-10)20(17,18)15-4/h6-8,15-16H,5,9,14H2,1-4H3. The molecule has 0 unspecified atom stereocenters. The van der Waals surface area contributed by atoms with Crippen LogP contribution in [0, 0.1) is 0 Å². The normalized spacial score (nSPS) is 12.4. The number of sulfonamides is 1. The van der Waals surface area contributed by atoms with Crippen LogP contribution >= 0.6 is 0 Å². The van der Waals surface area contributed by atoms with Crippen molar-refractivity contribution in [1.82, 2.24) is 4.72 Å². The van der Waals surface area contributed by atoms with Crippen LogP contribution < -0.4 is 15.8 Å². The highest BCUT2D eigenvalue weighted by molar-refractivity contribution is 7.89. The first-order valence-electron chi connectivity index (χ1n) is 6.43. The van der Waals surface area contributed by atoms with Crippen LogP contribution in [-0.2, 0) is 14.8 Å². The Kier molecular flexibility index (Phi) is 5.38. The number of nitrogen functional groups attached to an aromatic ring is 1. The lowest BCUT2D eigenvalue weighted by molar-refractivity contribution is 0.000697. The third kappa shape index (κ3) is 4.36. The van der Waals surface area contributed by atoms with Crippen molar-refractivity contribution < 1.29 is 13.2 Å². The summed E-state index contributed by atoms with van der Waals surface area (Å²) in [6.45, 7) is 7.13. The van der Waals surface area contributed by atoms with Gasteiger partial charge in [0.15, 0.2) is 0 Å². The summed E-state index contributed by atoms with van der Waals surface area (Å²) >= 11 is 0. The zero-order valence-electron chi connectivity index (χ0n) is 12.4. The SMILES string of the molecule is CCOC(C)(C)CNc1ccc(S(=O)(=O)NC)c(N)c1. The molecule has 0 saturated carbocycles. The quantitative estimate of drug-likeness (QED) is 0.662. The molecule has 0 amide bonds. The highest BCUT2D eigenvalue weighted by Crippen LogP contribution is 2.23. The van der Waals surface area contributed by atoms with Gasteiger partial charge >= 0.3 is 0 Å². The summed E-state index contributed by atoms with van der Waals surface area (Å²) in [5, 5.41) is 3.19. The molecule has 0 spiro atoms. The lowest BCUT2D eigenvalue weighted by atomic mass is 10.1. The van der Waals surface area contributed by atoms with Crippen LogP contribution in [0.25, 0.3) is 0 Å². The summed E-state index contributed by atoms with van der Waals surface area (Å²) < 4.78 is 31.2. The van der Waals surface area contributed by atoms with E-state index in [-0.39, 0.29) is 16.2 Å². The fourth-order valence-corrected chi connectivity index (χ4v) is 2.61. The molecule has 0 atom stereocenters. The molecule has 0 aliphatic heterocycles. The monoisotopic (exact) mass is 301 g/mol. The highest BCUT2D eigenvalue weighted by atomic mass is 32.2. The van der Waals surface area contributed by atoms with E-state index in [0.29, 0.717) is 13.2 Å². The maximum absolute atomic E-state index is 11.7. The molecule has 0 bridgehead atoms. The summed E-state index contributed by atoms with van der Waals surface area (Å²) in [4.78, 5) is 0.0784. The molecule has 0 aliphatic carbocycles. The molecule has 0 radical (unpaired) electrons. The Morgan fingerprint density at radius 1 is 1.35 bits per heavy atom. The van der Waals surface area contributed by atoms with E-state index in [0.717, 1.165) is 5.69 Å². The zero-order chi connectivity index (χ0) is 15.4. The van der Waals surface area contributed by atoms with Gasteiger partial charge in [-0.25, -0.2) is 13.1 Å². The maximum Gasteiger partial charge on any atom is 0.242 e. The van der Waals surface area contributed by atoms with Crippen LogP contribution in [0.2, 0.25) is 0 Å². The number of nitrogens with two attached hydrogens (primary N) is 1. The van der Waals surface area contributed by atoms with Gasteiger partial charge in [0.05, 0.1) is 11.3 Å². The van der Waals surface area contributed by atoms with Gasteiger partial charge in [0.25, 0.3) is 0 Å².